The molecule has 1 N–H and O–H groups in total. The minimum Gasteiger partial charge on any atom is -0.469 e. The van der Waals surface area contributed by atoms with E-state index in [0.29, 0.717) is 6.54 Å². The fourth-order valence-corrected chi connectivity index (χ4v) is 1.93. The number of hydrogen-bond donors (Lipinski definition) is 1. The summed E-state index contributed by atoms with van der Waals surface area (Å²) in [6.45, 7) is 2.42. The Bertz CT molecular complexity index is 546. The third-order valence-corrected chi connectivity index (χ3v) is 2.99. The molecule has 2 rings (SSSR count). The number of carbonyl (C=O) groups is 1. The van der Waals surface area contributed by atoms with E-state index in [4.69, 9.17) is 4.74 Å². The van der Waals surface area contributed by atoms with Crippen molar-refractivity contribution in [1.82, 2.24) is 0 Å². The normalized spacial score (nSPS) is 12.1. The molecule has 0 aliphatic rings. The third kappa shape index (κ3) is 2.62. The summed E-state index contributed by atoms with van der Waals surface area (Å²) in [6, 6.07) is 14.3. The van der Waals surface area contributed by atoms with Crippen LogP contribution in [0.2, 0.25) is 0 Å². The van der Waals surface area contributed by atoms with Crippen molar-refractivity contribution in [3.63, 3.8) is 0 Å². The summed E-state index contributed by atoms with van der Waals surface area (Å²) in [5.41, 5.74) is 1.05. The van der Waals surface area contributed by atoms with Crippen LogP contribution in [0.3, 0.4) is 0 Å². The molecule has 0 radical (unpaired) electrons. The zero-order valence-electron chi connectivity index (χ0n) is 10.6. The molecular formula is C15H17NO2. The molecule has 1 atom stereocenters. The van der Waals surface area contributed by atoms with Crippen LogP contribution in [-0.2, 0) is 9.53 Å². The first kappa shape index (κ1) is 12.4. The highest BCUT2D eigenvalue weighted by Gasteiger charge is 2.12. The molecule has 0 heterocycles. The summed E-state index contributed by atoms with van der Waals surface area (Å²) in [7, 11) is 1.41. The van der Waals surface area contributed by atoms with E-state index in [2.05, 4.69) is 23.5 Å². The van der Waals surface area contributed by atoms with Crippen molar-refractivity contribution in [2.45, 2.75) is 6.92 Å². The molecule has 3 nitrogen and oxygen atoms in total. The SMILES string of the molecule is COC(=O)C(C)CNc1cccc2ccccc12. The van der Waals surface area contributed by atoms with Crippen molar-refractivity contribution in [3.05, 3.63) is 42.5 Å². The highest BCUT2D eigenvalue weighted by Crippen LogP contribution is 2.23. The second-order valence-electron chi connectivity index (χ2n) is 4.33. The molecule has 18 heavy (non-hydrogen) atoms. The largest absolute Gasteiger partial charge is 0.469 e. The highest BCUT2D eigenvalue weighted by atomic mass is 16.5. The summed E-state index contributed by atoms with van der Waals surface area (Å²) >= 11 is 0. The Kier molecular flexibility index (Phi) is 3.82. The van der Waals surface area contributed by atoms with Crippen LogP contribution in [0.15, 0.2) is 42.5 Å². The maximum atomic E-state index is 11.3. The van der Waals surface area contributed by atoms with Gasteiger partial charge in [0.2, 0.25) is 0 Å². The van der Waals surface area contributed by atoms with Crippen LogP contribution < -0.4 is 5.32 Å². The number of esters is 1. The van der Waals surface area contributed by atoms with Gasteiger partial charge >= 0.3 is 5.97 Å². The molecule has 0 aromatic heterocycles. The molecule has 94 valence electrons. The second kappa shape index (κ2) is 5.54. The number of hydrogen-bond acceptors (Lipinski definition) is 3. The molecule has 0 aliphatic carbocycles. The van der Waals surface area contributed by atoms with Crippen molar-refractivity contribution in [1.29, 1.82) is 0 Å². The number of nitrogens with one attached hydrogen (secondary N) is 1. The number of fused-ring (bicyclic) bond motifs is 1. The number of ether oxygens (including phenoxy) is 1. The standard InChI is InChI=1S/C15H17NO2/c1-11(15(17)18-2)10-16-14-9-5-7-12-6-3-4-8-13(12)14/h3-9,11,16H,10H2,1-2H3. The Morgan fingerprint density at radius 1 is 1.22 bits per heavy atom. The zero-order valence-corrected chi connectivity index (χ0v) is 10.6. The molecule has 2 aromatic rings. The van der Waals surface area contributed by atoms with Crippen LogP contribution in [0.5, 0.6) is 0 Å². The minimum absolute atomic E-state index is 0.158. The summed E-state index contributed by atoms with van der Waals surface area (Å²) in [5, 5.41) is 5.65. The van der Waals surface area contributed by atoms with E-state index in [1.165, 1.54) is 12.5 Å². The molecule has 1 unspecified atom stereocenters. The first-order valence-electron chi connectivity index (χ1n) is 6.02. The van der Waals surface area contributed by atoms with Gasteiger partial charge in [0.15, 0.2) is 0 Å². The van der Waals surface area contributed by atoms with Gasteiger partial charge in [0.1, 0.15) is 0 Å². The lowest BCUT2D eigenvalue weighted by molar-refractivity contribution is -0.144. The Balaban J connectivity index is 2.15. The summed E-state index contributed by atoms with van der Waals surface area (Å²) in [6.07, 6.45) is 0. The van der Waals surface area contributed by atoms with Crippen LogP contribution in [0.4, 0.5) is 5.69 Å². The third-order valence-electron chi connectivity index (χ3n) is 2.99. The minimum atomic E-state index is -0.192. The smallest absolute Gasteiger partial charge is 0.310 e. The van der Waals surface area contributed by atoms with Crippen LogP contribution >= 0.6 is 0 Å². The maximum absolute atomic E-state index is 11.3. The van der Waals surface area contributed by atoms with E-state index in [-0.39, 0.29) is 11.9 Å². The van der Waals surface area contributed by atoms with Crippen molar-refractivity contribution >= 4 is 22.4 Å². The first-order chi connectivity index (χ1) is 8.72. The Morgan fingerprint density at radius 3 is 2.72 bits per heavy atom. The van der Waals surface area contributed by atoms with Gasteiger partial charge in [-0.25, -0.2) is 0 Å². The van der Waals surface area contributed by atoms with Gasteiger partial charge in [-0.2, -0.15) is 0 Å². The fourth-order valence-electron chi connectivity index (χ4n) is 1.93. The molecule has 0 spiro atoms. The quantitative estimate of drug-likeness (QED) is 0.839. The Hall–Kier alpha value is -2.03. The van der Waals surface area contributed by atoms with Gasteiger partial charge in [0, 0.05) is 17.6 Å². The van der Waals surface area contributed by atoms with Crippen LogP contribution in [0.1, 0.15) is 6.92 Å². The van der Waals surface area contributed by atoms with E-state index in [9.17, 15) is 4.79 Å². The van der Waals surface area contributed by atoms with Gasteiger partial charge in [-0.1, -0.05) is 43.3 Å². The number of anilines is 1. The molecule has 0 saturated heterocycles. The van der Waals surface area contributed by atoms with Crippen molar-refractivity contribution < 1.29 is 9.53 Å². The number of methoxy groups -OCH3 is 1. The van der Waals surface area contributed by atoms with Gasteiger partial charge in [-0.3, -0.25) is 4.79 Å². The van der Waals surface area contributed by atoms with Gasteiger partial charge in [0.05, 0.1) is 13.0 Å². The average molecular weight is 243 g/mol. The lowest BCUT2D eigenvalue weighted by Gasteiger charge is -2.13. The van der Waals surface area contributed by atoms with E-state index >= 15 is 0 Å². The molecule has 0 fully saturated rings. The van der Waals surface area contributed by atoms with E-state index < -0.39 is 0 Å². The van der Waals surface area contributed by atoms with Crippen molar-refractivity contribution in [2.75, 3.05) is 19.0 Å². The highest BCUT2D eigenvalue weighted by molar-refractivity contribution is 5.93. The molecule has 0 aliphatic heterocycles. The molecule has 0 saturated carbocycles. The predicted molar refractivity (Wildman–Crippen MR) is 73.6 cm³/mol. The fraction of sp³-hybridized carbons (Fsp3) is 0.267. The number of carbonyl (C=O) groups excluding carboxylic acids is 1. The lowest BCUT2D eigenvalue weighted by atomic mass is 10.1. The second-order valence-corrected chi connectivity index (χ2v) is 4.33. The van der Waals surface area contributed by atoms with Crippen molar-refractivity contribution in [2.24, 2.45) is 5.92 Å². The van der Waals surface area contributed by atoms with Gasteiger partial charge in [-0.15, -0.1) is 0 Å². The Labute approximate surface area is 107 Å². The monoisotopic (exact) mass is 243 g/mol. The molecule has 2 aromatic carbocycles. The van der Waals surface area contributed by atoms with Crippen LogP contribution in [0, 0.1) is 5.92 Å². The van der Waals surface area contributed by atoms with Gasteiger partial charge < -0.3 is 10.1 Å². The van der Waals surface area contributed by atoms with E-state index in [1.807, 2.05) is 31.2 Å². The predicted octanol–water partition coefficient (Wildman–Crippen LogP) is 3.06. The molecular weight excluding hydrogens is 226 g/mol. The molecule has 0 bridgehead atoms. The molecule has 3 heteroatoms. The summed E-state index contributed by atoms with van der Waals surface area (Å²) in [4.78, 5) is 11.3. The maximum Gasteiger partial charge on any atom is 0.310 e. The van der Waals surface area contributed by atoms with Crippen molar-refractivity contribution in [3.8, 4) is 0 Å². The number of benzene rings is 2. The Morgan fingerprint density at radius 2 is 1.94 bits per heavy atom. The van der Waals surface area contributed by atoms with Crippen LogP contribution in [-0.4, -0.2) is 19.6 Å². The summed E-state index contributed by atoms with van der Waals surface area (Å²) in [5.74, 6) is -0.350. The van der Waals surface area contributed by atoms with Crippen LogP contribution in [0.25, 0.3) is 10.8 Å². The summed E-state index contributed by atoms with van der Waals surface area (Å²) < 4.78 is 4.71. The van der Waals surface area contributed by atoms with E-state index in [0.717, 1.165) is 11.1 Å². The molecule has 0 amide bonds. The topological polar surface area (TPSA) is 38.3 Å². The first-order valence-corrected chi connectivity index (χ1v) is 6.02. The zero-order chi connectivity index (χ0) is 13.0. The van der Waals surface area contributed by atoms with Gasteiger partial charge in [-0.05, 0) is 11.5 Å². The lowest BCUT2D eigenvalue weighted by Crippen LogP contribution is -2.21. The van der Waals surface area contributed by atoms with E-state index in [1.54, 1.807) is 0 Å². The average Bonchev–Trinajstić information content (AvgIpc) is 2.43. The number of rotatable bonds is 4. The van der Waals surface area contributed by atoms with Gasteiger partial charge in [0.25, 0.3) is 0 Å².